The van der Waals surface area contributed by atoms with Crippen molar-refractivity contribution in [3.05, 3.63) is 35.6 Å². The third kappa shape index (κ3) is 5.73. The second-order valence-corrected chi connectivity index (χ2v) is 5.67. The lowest BCUT2D eigenvalue weighted by atomic mass is 10.0. The van der Waals surface area contributed by atoms with Crippen molar-refractivity contribution in [3.8, 4) is 0 Å². The van der Waals surface area contributed by atoms with Crippen molar-refractivity contribution in [1.82, 2.24) is 4.90 Å². The summed E-state index contributed by atoms with van der Waals surface area (Å²) in [7, 11) is 0. The number of nitrogens with two attached hydrogens (primary N) is 1. The van der Waals surface area contributed by atoms with Gasteiger partial charge in [0.05, 0.1) is 5.71 Å². The van der Waals surface area contributed by atoms with Gasteiger partial charge in [-0.3, -0.25) is 0 Å². The van der Waals surface area contributed by atoms with Crippen LogP contribution in [0.1, 0.15) is 37.7 Å². The summed E-state index contributed by atoms with van der Waals surface area (Å²) < 4.78 is 13.1. The molecule has 0 bridgehead atoms. The van der Waals surface area contributed by atoms with Crippen LogP contribution < -0.4 is 5.73 Å². The average Bonchev–Trinajstić information content (AvgIpc) is 2.55. The molecule has 0 amide bonds. The fourth-order valence-corrected chi connectivity index (χ4v) is 2.71. The summed E-state index contributed by atoms with van der Waals surface area (Å²) in [5, 5.41) is 4.19. The van der Waals surface area contributed by atoms with E-state index in [1.807, 2.05) is 0 Å². The SMILES string of the molecule is NCCO/N=C(/CCCN1CCCCC1)c1ccc(F)cc1. The Kier molecular flexibility index (Phi) is 7.33. The van der Waals surface area contributed by atoms with Crippen molar-refractivity contribution in [1.29, 1.82) is 0 Å². The van der Waals surface area contributed by atoms with E-state index in [2.05, 4.69) is 10.1 Å². The fourth-order valence-electron chi connectivity index (χ4n) is 2.71. The number of nitrogens with zero attached hydrogens (tertiary/aromatic N) is 2. The summed E-state index contributed by atoms with van der Waals surface area (Å²) in [6.45, 7) is 4.32. The Hall–Kier alpha value is -1.46. The van der Waals surface area contributed by atoms with Gasteiger partial charge in [0, 0.05) is 6.54 Å². The van der Waals surface area contributed by atoms with Gasteiger partial charge >= 0.3 is 0 Å². The van der Waals surface area contributed by atoms with Crippen LogP contribution in [-0.4, -0.2) is 43.4 Å². The minimum Gasteiger partial charge on any atom is -0.394 e. The van der Waals surface area contributed by atoms with E-state index in [0.717, 1.165) is 30.7 Å². The maximum Gasteiger partial charge on any atom is 0.129 e. The molecular formula is C17H26FN3O. The molecule has 1 heterocycles. The van der Waals surface area contributed by atoms with Crippen LogP contribution in [0.5, 0.6) is 0 Å². The van der Waals surface area contributed by atoms with Crippen LogP contribution in [0.2, 0.25) is 0 Å². The van der Waals surface area contributed by atoms with Gasteiger partial charge < -0.3 is 15.5 Å². The first kappa shape index (κ1) is 16.9. The van der Waals surface area contributed by atoms with Crippen LogP contribution in [0, 0.1) is 5.82 Å². The predicted octanol–water partition coefficient (Wildman–Crippen LogP) is 2.77. The van der Waals surface area contributed by atoms with Gasteiger partial charge in [0.15, 0.2) is 0 Å². The molecule has 4 nitrogen and oxygen atoms in total. The Morgan fingerprint density at radius 2 is 1.91 bits per heavy atom. The largest absolute Gasteiger partial charge is 0.394 e. The zero-order valence-electron chi connectivity index (χ0n) is 13.1. The van der Waals surface area contributed by atoms with Crippen LogP contribution in [0.4, 0.5) is 4.39 Å². The van der Waals surface area contributed by atoms with Crippen molar-refractivity contribution in [2.75, 3.05) is 32.8 Å². The third-order valence-electron chi connectivity index (χ3n) is 3.90. The van der Waals surface area contributed by atoms with Gasteiger partial charge in [-0.1, -0.05) is 23.7 Å². The van der Waals surface area contributed by atoms with Crippen LogP contribution in [0.3, 0.4) is 0 Å². The molecule has 22 heavy (non-hydrogen) atoms. The number of halogens is 1. The van der Waals surface area contributed by atoms with E-state index < -0.39 is 0 Å². The van der Waals surface area contributed by atoms with Crippen molar-refractivity contribution in [2.24, 2.45) is 10.9 Å². The summed E-state index contributed by atoms with van der Waals surface area (Å²) in [6.07, 6.45) is 5.82. The van der Waals surface area contributed by atoms with Gasteiger partial charge in [-0.2, -0.15) is 0 Å². The van der Waals surface area contributed by atoms with Crippen LogP contribution >= 0.6 is 0 Å². The molecule has 0 unspecified atom stereocenters. The maximum atomic E-state index is 13.1. The summed E-state index contributed by atoms with van der Waals surface area (Å²) in [6, 6.07) is 6.42. The smallest absolute Gasteiger partial charge is 0.129 e. The molecular weight excluding hydrogens is 281 g/mol. The first-order chi connectivity index (χ1) is 10.8. The molecule has 0 aliphatic carbocycles. The van der Waals surface area contributed by atoms with Gasteiger partial charge in [-0.15, -0.1) is 0 Å². The van der Waals surface area contributed by atoms with Crippen molar-refractivity contribution in [3.63, 3.8) is 0 Å². The minimum absolute atomic E-state index is 0.237. The molecule has 1 aliphatic heterocycles. The first-order valence-electron chi connectivity index (χ1n) is 8.17. The Labute approximate surface area is 132 Å². The standard InChI is InChI=1S/C17H26FN3O/c18-16-8-6-15(7-9-16)17(20-22-14-10-19)5-4-13-21-11-2-1-3-12-21/h6-9H,1-5,10-14,19H2/b20-17-. The van der Waals surface area contributed by atoms with E-state index in [-0.39, 0.29) is 5.82 Å². The highest BCUT2D eigenvalue weighted by Gasteiger charge is 2.11. The Morgan fingerprint density at radius 1 is 1.18 bits per heavy atom. The molecule has 0 aromatic heterocycles. The molecule has 2 rings (SSSR count). The zero-order chi connectivity index (χ0) is 15.6. The first-order valence-corrected chi connectivity index (χ1v) is 8.17. The molecule has 5 heteroatoms. The molecule has 1 aliphatic rings. The number of rotatable bonds is 8. The lowest BCUT2D eigenvalue weighted by Crippen LogP contribution is -2.30. The van der Waals surface area contributed by atoms with E-state index in [9.17, 15) is 4.39 Å². The highest BCUT2D eigenvalue weighted by Crippen LogP contribution is 2.12. The summed E-state index contributed by atoms with van der Waals surface area (Å²) in [4.78, 5) is 7.73. The van der Waals surface area contributed by atoms with Crippen LogP contribution in [0.15, 0.2) is 29.4 Å². The number of oxime groups is 1. The molecule has 0 radical (unpaired) electrons. The molecule has 122 valence electrons. The molecule has 0 saturated carbocycles. The normalized spacial score (nSPS) is 16.7. The Balaban J connectivity index is 1.89. The second kappa shape index (κ2) is 9.54. The Bertz CT molecular complexity index is 455. The zero-order valence-corrected chi connectivity index (χ0v) is 13.1. The fraction of sp³-hybridized carbons (Fsp3) is 0.588. The average molecular weight is 307 g/mol. The van der Waals surface area contributed by atoms with Crippen LogP contribution in [-0.2, 0) is 4.84 Å². The van der Waals surface area contributed by atoms with E-state index in [4.69, 9.17) is 10.6 Å². The molecule has 1 aromatic carbocycles. The monoisotopic (exact) mass is 307 g/mol. The van der Waals surface area contributed by atoms with Crippen molar-refractivity contribution >= 4 is 5.71 Å². The summed E-state index contributed by atoms with van der Waals surface area (Å²) in [5.74, 6) is -0.237. The molecule has 0 spiro atoms. The van der Waals surface area contributed by atoms with E-state index >= 15 is 0 Å². The van der Waals surface area contributed by atoms with Gasteiger partial charge in [0.25, 0.3) is 0 Å². The van der Waals surface area contributed by atoms with E-state index in [0.29, 0.717) is 13.2 Å². The molecule has 2 N–H and O–H groups in total. The van der Waals surface area contributed by atoms with Gasteiger partial charge in [-0.25, -0.2) is 4.39 Å². The highest BCUT2D eigenvalue weighted by atomic mass is 19.1. The quantitative estimate of drug-likeness (QED) is 0.456. The highest BCUT2D eigenvalue weighted by molar-refractivity contribution is 6.00. The van der Waals surface area contributed by atoms with Crippen molar-refractivity contribution < 1.29 is 9.23 Å². The molecule has 1 aromatic rings. The van der Waals surface area contributed by atoms with E-state index in [1.54, 1.807) is 12.1 Å². The number of hydrogen-bond donors (Lipinski definition) is 1. The van der Waals surface area contributed by atoms with Gasteiger partial charge in [0.1, 0.15) is 12.4 Å². The lowest BCUT2D eigenvalue weighted by molar-refractivity contribution is 0.151. The molecule has 1 saturated heterocycles. The predicted molar refractivity (Wildman–Crippen MR) is 87.5 cm³/mol. The number of hydrogen-bond acceptors (Lipinski definition) is 4. The number of likely N-dealkylation sites (tertiary alicyclic amines) is 1. The molecule has 0 atom stereocenters. The van der Waals surface area contributed by atoms with Gasteiger partial charge in [0.2, 0.25) is 0 Å². The van der Waals surface area contributed by atoms with Crippen LogP contribution in [0.25, 0.3) is 0 Å². The third-order valence-corrected chi connectivity index (χ3v) is 3.90. The maximum absolute atomic E-state index is 13.1. The summed E-state index contributed by atoms with van der Waals surface area (Å²) >= 11 is 0. The molecule has 1 fully saturated rings. The topological polar surface area (TPSA) is 50.9 Å². The lowest BCUT2D eigenvalue weighted by Gasteiger charge is -2.26. The van der Waals surface area contributed by atoms with Gasteiger partial charge in [-0.05, 0) is 63.0 Å². The number of benzene rings is 1. The Morgan fingerprint density at radius 3 is 2.59 bits per heavy atom. The minimum atomic E-state index is -0.237. The van der Waals surface area contributed by atoms with E-state index in [1.165, 1.54) is 44.5 Å². The second-order valence-electron chi connectivity index (χ2n) is 5.67. The van der Waals surface area contributed by atoms with Crippen molar-refractivity contribution in [2.45, 2.75) is 32.1 Å². The summed E-state index contributed by atoms with van der Waals surface area (Å²) in [5.41, 5.74) is 7.20. The number of piperidine rings is 1.